The fraction of sp³-hybridized carbons (Fsp3) is 0.533. The first-order valence-corrected chi connectivity index (χ1v) is 6.78. The largest absolute Gasteiger partial charge is 0.494 e. The van der Waals surface area contributed by atoms with Gasteiger partial charge in [0.05, 0.1) is 12.1 Å². The first kappa shape index (κ1) is 15.5. The summed E-state index contributed by atoms with van der Waals surface area (Å²) in [7, 11) is 0. The summed E-state index contributed by atoms with van der Waals surface area (Å²) in [6, 6.07) is 8.00. The van der Waals surface area contributed by atoms with E-state index in [-0.39, 0.29) is 5.91 Å². The van der Waals surface area contributed by atoms with Crippen LogP contribution < -0.4 is 15.8 Å². The predicted octanol–water partition coefficient (Wildman–Crippen LogP) is 1.87. The third-order valence-electron chi connectivity index (χ3n) is 3.31. The van der Waals surface area contributed by atoms with Gasteiger partial charge in [-0.3, -0.25) is 4.79 Å². The lowest BCUT2D eigenvalue weighted by Crippen LogP contribution is -2.53. The number of hydrogen-bond donors (Lipinski definition) is 2. The lowest BCUT2D eigenvalue weighted by atomic mass is 9.97. The van der Waals surface area contributed by atoms with Crippen molar-refractivity contribution in [2.45, 2.75) is 39.2 Å². The van der Waals surface area contributed by atoms with E-state index < -0.39 is 5.54 Å². The Balaban J connectivity index is 2.49. The van der Waals surface area contributed by atoms with Gasteiger partial charge < -0.3 is 15.8 Å². The second-order valence-electron chi connectivity index (χ2n) is 4.82. The molecule has 1 aromatic carbocycles. The van der Waals surface area contributed by atoms with Crippen LogP contribution in [0.3, 0.4) is 0 Å². The second kappa shape index (κ2) is 7.14. The standard InChI is InChI=1S/C15H24N2O2/c1-4-12-6-8-13(9-7-12)19-11-10-15(3,14(16)18)17-5-2/h6-9,17H,4-5,10-11H2,1-3H3,(H2,16,18). The average Bonchev–Trinajstić information content (AvgIpc) is 2.39. The van der Waals surface area contributed by atoms with Crippen LogP contribution in [0.25, 0.3) is 0 Å². The molecule has 0 aromatic heterocycles. The van der Waals surface area contributed by atoms with Crippen LogP contribution >= 0.6 is 0 Å². The zero-order valence-electron chi connectivity index (χ0n) is 12.0. The number of primary amides is 1. The van der Waals surface area contributed by atoms with E-state index in [4.69, 9.17) is 10.5 Å². The smallest absolute Gasteiger partial charge is 0.237 e. The third kappa shape index (κ3) is 4.56. The maximum Gasteiger partial charge on any atom is 0.237 e. The molecule has 1 atom stereocenters. The van der Waals surface area contributed by atoms with Crippen molar-refractivity contribution >= 4 is 5.91 Å². The number of carbonyl (C=O) groups is 1. The molecule has 1 aromatic rings. The summed E-state index contributed by atoms with van der Waals surface area (Å²) in [6.45, 7) is 7.03. The summed E-state index contributed by atoms with van der Waals surface area (Å²) in [5.41, 5.74) is 5.99. The van der Waals surface area contributed by atoms with Crippen molar-refractivity contribution in [1.82, 2.24) is 5.32 Å². The van der Waals surface area contributed by atoms with Gasteiger partial charge in [0, 0.05) is 6.42 Å². The quantitative estimate of drug-likeness (QED) is 0.753. The molecule has 0 saturated heterocycles. The molecule has 0 aliphatic rings. The molecule has 0 aliphatic carbocycles. The number of carbonyl (C=O) groups excluding carboxylic acids is 1. The van der Waals surface area contributed by atoms with Crippen molar-refractivity contribution in [3.05, 3.63) is 29.8 Å². The van der Waals surface area contributed by atoms with E-state index in [9.17, 15) is 4.79 Å². The van der Waals surface area contributed by atoms with Crippen LogP contribution in [0, 0.1) is 0 Å². The van der Waals surface area contributed by atoms with E-state index >= 15 is 0 Å². The summed E-state index contributed by atoms with van der Waals surface area (Å²) in [4.78, 5) is 11.4. The zero-order valence-corrected chi connectivity index (χ0v) is 12.0. The number of ether oxygens (including phenoxy) is 1. The van der Waals surface area contributed by atoms with Gasteiger partial charge in [0.1, 0.15) is 5.75 Å². The number of rotatable bonds is 8. The summed E-state index contributed by atoms with van der Waals surface area (Å²) in [5, 5.41) is 3.11. The number of likely N-dealkylation sites (N-methyl/N-ethyl adjacent to an activating group) is 1. The molecule has 1 amide bonds. The van der Waals surface area contributed by atoms with Gasteiger partial charge in [-0.15, -0.1) is 0 Å². The summed E-state index contributed by atoms with van der Waals surface area (Å²) in [6.07, 6.45) is 1.56. The van der Waals surface area contributed by atoms with Crippen LogP contribution in [-0.2, 0) is 11.2 Å². The fourth-order valence-electron chi connectivity index (χ4n) is 1.88. The lowest BCUT2D eigenvalue weighted by molar-refractivity contribution is -0.124. The van der Waals surface area contributed by atoms with Gasteiger partial charge >= 0.3 is 0 Å². The van der Waals surface area contributed by atoms with Crippen molar-refractivity contribution in [2.75, 3.05) is 13.2 Å². The second-order valence-corrected chi connectivity index (χ2v) is 4.82. The van der Waals surface area contributed by atoms with Gasteiger partial charge in [0.2, 0.25) is 5.91 Å². The van der Waals surface area contributed by atoms with E-state index in [0.717, 1.165) is 12.2 Å². The summed E-state index contributed by atoms with van der Waals surface area (Å²) >= 11 is 0. The molecule has 4 nitrogen and oxygen atoms in total. The van der Waals surface area contributed by atoms with Crippen LogP contribution in [0.2, 0.25) is 0 Å². The molecule has 1 unspecified atom stereocenters. The van der Waals surface area contributed by atoms with Crippen LogP contribution in [0.1, 0.15) is 32.8 Å². The minimum absolute atomic E-state index is 0.348. The van der Waals surface area contributed by atoms with E-state index in [2.05, 4.69) is 12.2 Å². The van der Waals surface area contributed by atoms with Gasteiger partial charge in [-0.1, -0.05) is 26.0 Å². The summed E-state index contributed by atoms with van der Waals surface area (Å²) < 4.78 is 5.65. The molecule has 19 heavy (non-hydrogen) atoms. The number of nitrogens with two attached hydrogens (primary N) is 1. The molecule has 1 rings (SSSR count). The van der Waals surface area contributed by atoms with Crippen molar-refractivity contribution in [1.29, 1.82) is 0 Å². The Morgan fingerprint density at radius 3 is 2.42 bits per heavy atom. The predicted molar refractivity (Wildman–Crippen MR) is 77.2 cm³/mol. The summed E-state index contributed by atoms with van der Waals surface area (Å²) in [5.74, 6) is 0.472. The Labute approximate surface area is 115 Å². The van der Waals surface area contributed by atoms with E-state index in [1.807, 2.05) is 38.1 Å². The van der Waals surface area contributed by atoms with Crippen molar-refractivity contribution < 1.29 is 9.53 Å². The highest BCUT2D eigenvalue weighted by atomic mass is 16.5. The molecule has 0 bridgehead atoms. The van der Waals surface area contributed by atoms with Crippen LogP contribution in [0.5, 0.6) is 5.75 Å². The number of benzene rings is 1. The number of nitrogens with one attached hydrogen (secondary N) is 1. The monoisotopic (exact) mass is 264 g/mol. The van der Waals surface area contributed by atoms with E-state index in [0.29, 0.717) is 19.6 Å². The maximum absolute atomic E-state index is 11.4. The van der Waals surface area contributed by atoms with E-state index in [1.165, 1.54) is 5.56 Å². The Morgan fingerprint density at radius 1 is 1.32 bits per heavy atom. The Bertz CT molecular complexity index is 403. The molecule has 0 heterocycles. The molecular weight excluding hydrogens is 240 g/mol. The van der Waals surface area contributed by atoms with Crippen molar-refractivity contribution in [3.8, 4) is 5.75 Å². The average molecular weight is 264 g/mol. The van der Waals surface area contributed by atoms with Gasteiger partial charge in [0.15, 0.2) is 0 Å². The Kier molecular flexibility index (Phi) is 5.83. The highest BCUT2D eigenvalue weighted by Gasteiger charge is 2.29. The molecule has 0 spiro atoms. The van der Waals surface area contributed by atoms with Crippen LogP contribution in [0.4, 0.5) is 0 Å². The first-order chi connectivity index (χ1) is 9.01. The zero-order chi connectivity index (χ0) is 14.3. The van der Waals surface area contributed by atoms with Crippen LogP contribution in [0.15, 0.2) is 24.3 Å². The molecule has 0 fully saturated rings. The van der Waals surface area contributed by atoms with Gasteiger partial charge in [-0.05, 0) is 37.6 Å². The highest BCUT2D eigenvalue weighted by molar-refractivity contribution is 5.84. The van der Waals surface area contributed by atoms with Gasteiger partial charge in [-0.2, -0.15) is 0 Å². The van der Waals surface area contributed by atoms with Gasteiger partial charge in [-0.25, -0.2) is 0 Å². The normalized spacial score (nSPS) is 13.8. The van der Waals surface area contributed by atoms with Crippen LogP contribution in [-0.4, -0.2) is 24.6 Å². The highest BCUT2D eigenvalue weighted by Crippen LogP contribution is 2.15. The first-order valence-electron chi connectivity index (χ1n) is 6.78. The number of aryl methyl sites for hydroxylation is 1. The minimum Gasteiger partial charge on any atom is -0.494 e. The fourth-order valence-corrected chi connectivity index (χ4v) is 1.88. The SMILES string of the molecule is CCNC(C)(CCOc1ccc(CC)cc1)C(N)=O. The molecule has 4 heteroatoms. The van der Waals surface area contributed by atoms with Crippen molar-refractivity contribution in [3.63, 3.8) is 0 Å². The molecule has 106 valence electrons. The maximum atomic E-state index is 11.4. The minimum atomic E-state index is -0.710. The molecule has 3 N–H and O–H groups in total. The van der Waals surface area contributed by atoms with Gasteiger partial charge in [0.25, 0.3) is 0 Å². The topological polar surface area (TPSA) is 64.3 Å². The Hall–Kier alpha value is -1.55. The van der Waals surface area contributed by atoms with E-state index in [1.54, 1.807) is 0 Å². The molecular formula is C15H24N2O2. The molecule has 0 radical (unpaired) electrons. The Morgan fingerprint density at radius 2 is 1.95 bits per heavy atom. The third-order valence-corrected chi connectivity index (χ3v) is 3.31. The molecule has 0 aliphatic heterocycles. The number of amides is 1. The number of hydrogen-bond acceptors (Lipinski definition) is 3. The lowest BCUT2D eigenvalue weighted by Gasteiger charge is -2.26. The van der Waals surface area contributed by atoms with Crippen molar-refractivity contribution in [2.24, 2.45) is 5.73 Å². The molecule has 0 saturated carbocycles.